The van der Waals surface area contributed by atoms with E-state index in [2.05, 4.69) is 4.74 Å². The van der Waals surface area contributed by atoms with Gasteiger partial charge in [-0.15, -0.1) is 0 Å². The Morgan fingerprint density at radius 1 is 1.56 bits per heavy atom. The Balaban J connectivity index is 2.56. The second kappa shape index (κ2) is 4.08. The molecule has 0 unspecified atom stereocenters. The maximum atomic E-state index is 12.9. The smallest absolute Gasteiger partial charge is 0.343 e. The molecule has 1 aliphatic carbocycles. The highest BCUT2D eigenvalue weighted by Crippen LogP contribution is 2.47. The van der Waals surface area contributed by atoms with Crippen LogP contribution in [0.4, 0.5) is 8.78 Å². The summed E-state index contributed by atoms with van der Waals surface area (Å²) in [6.45, 7) is 0. The summed E-state index contributed by atoms with van der Waals surface area (Å²) in [4.78, 5) is 22.9. The monoisotopic (exact) mass is 259 g/mol. The zero-order chi connectivity index (χ0) is 13.5. The van der Waals surface area contributed by atoms with Crippen molar-refractivity contribution in [3.05, 3.63) is 28.2 Å². The predicted molar refractivity (Wildman–Crippen MR) is 56.9 cm³/mol. The number of nitrogens with zero attached hydrogens (tertiary/aromatic N) is 1. The fourth-order valence-corrected chi connectivity index (χ4v) is 1.83. The first-order valence-corrected chi connectivity index (χ1v) is 5.25. The molecule has 0 radical (unpaired) electrons. The summed E-state index contributed by atoms with van der Waals surface area (Å²) in [7, 11) is 1.09. The van der Waals surface area contributed by atoms with Gasteiger partial charge in [0.1, 0.15) is 16.9 Å². The molecule has 98 valence electrons. The minimum Gasteiger partial charge on any atom is -0.507 e. The second-order valence-electron chi connectivity index (χ2n) is 4.18. The maximum absolute atomic E-state index is 12.9. The fraction of sp³-hybridized carbons (Fsp3) is 0.455. The Labute approximate surface area is 101 Å². The maximum Gasteiger partial charge on any atom is 0.343 e. The average Bonchev–Trinajstić information content (AvgIpc) is 3.09. The number of carbonyl (C=O) groups excluding carboxylic acids is 1. The summed E-state index contributed by atoms with van der Waals surface area (Å²) in [5, 5.41) is 9.44. The highest BCUT2D eigenvalue weighted by Gasteiger charge is 2.53. The zero-order valence-electron chi connectivity index (χ0n) is 9.52. The van der Waals surface area contributed by atoms with Gasteiger partial charge in [0.05, 0.1) is 7.11 Å². The second-order valence-corrected chi connectivity index (χ2v) is 4.18. The lowest BCUT2D eigenvalue weighted by Gasteiger charge is -2.18. The largest absolute Gasteiger partial charge is 0.507 e. The number of rotatable bonds is 3. The van der Waals surface area contributed by atoms with E-state index in [1.165, 1.54) is 0 Å². The van der Waals surface area contributed by atoms with Crippen LogP contribution >= 0.6 is 0 Å². The van der Waals surface area contributed by atoms with Crippen molar-refractivity contribution in [2.24, 2.45) is 0 Å². The lowest BCUT2D eigenvalue weighted by atomic mass is 10.2. The molecule has 7 heteroatoms. The minimum absolute atomic E-state index is 0.163. The molecule has 1 aromatic heterocycles. The summed E-state index contributed by atoms with van der Waals surface area (Å²) in [5.74, 6) is -1.46. The van der Waals surface area contributed by atoms with Crippen LogP contribution in [0.1, 0.15) is 23.2 Å². The van der Waals surface area contributed by atoms with E-state index in [0.29, 0.717) is 0 Å². The first-order chi connectivity index (χ1) is 8.42. The number of aromatic hydroxyl groups is 1. The molecular weight excluding hydrogens is 248 g/mol. The van der Waals surface area contributed by atoms with Crippen LogP contribution in [0, 0.1) is 0 Å². The van der Waals surface area contributed by atoms with Crippen molar-refractivity contribution in [1.82, 2.24) is 4.57 Å². The van der Waals surface area contributed by atoms with Gasteiger partial charge in [-0.2, -0.15) is 0 Å². The van der Waals surface area contributed by atoms with Gasteiger partial charge in [-0.3, -0.25) is 4.79 Å². The highest BCUT2D eigenvalue weighted by molar-refractivity contribution is 5.91. The molecule has 1 fully saturated rings. The molecule has 1 aromatic rings. The van der Waals surface area contributed by atoms with Crippen LogP contribution in [0.25, 0.3) is 0 Å². The molecule has 1 aliphatic rings. The van der Waals surface area contributed by atoms with Gasteiger partial charge in [-0.25, -0.2) is 13.6 Å². The van der Waals surface area contributed by atoms with E-state index in [-0.39, 0.29) is 18.4 Å². The van der Waals surface area contributed by atoms with E-state index in [0.717, 1.165) is 23.9 Å². The Hall–Kier alpha value is -1.92. The van der Waals surface area contributed by atoms with E-state index >= 15 is 0 Å². The van der Waals surface area contributed by atoms with Crippen molar-refractivity contribution >= 4 is 5.97 Å². The van der Waals surface area contributed by atoms with Crippen molar-refractivity contribution in [3.63, 3.8) is 0 Å². The Morgan fingerprint density at radius 3 is 2.61 bits per heavy atom. The van der Waals surface area contributed by atoms with Gasteiger partial charge >= 0.3 is 5.97 Å². The van der Waals surface area contributed by atoms with Crippen molar-refractivity contribution in [2.75, 3.05) is 7.11 Å². The molecule has 0 atom stereocenters. The minimum atomic E-state index is -2.70. The number of halogens is 2. The van der Waals surface area contributed by atoms with Gasteiger partial charge in [0.25, 0.3) is 12.0 Å². The summed E-state index contributed by atoms with van der Waals surface area (Å²) >= 11 is 0. The van der Waals surface area contributed by atoms with Crippen LogP contribution < -0.4 is 5.56 Å². The van der Waals surface area contributed by atoms with Crippen molar-refractivity contribution in [2.45, 2.75) is 24.8 Å². The van der Waals surface area contributed by atoms with Crippen LogP contribution in [0.2, 0.25) is 0 Å². The number of hydrogen-bond donors (Lipinski definition) is 1. The third kappa shape index (κ3) is 1.75. The number of pyridine rings is 1. The molecule has 0 amide bonds. The summed E-state index contributed by atoms with van der Waals surface area (Å²) in [6.07, 6.45) is -1.44. The molecule has 0 aromatic carbocycles. The molecule has 0 saturated heterocycles. The van der Waals surface area contributed by atoms with E-state index in [1.54, 1.807) is 0 Å². The van der Waals surface area contributed by atoms with E-state index in [1.807, 2.05) is 0 Å². The molecule has 2 rings (SSSR count). The predicted octanol–water partition coefficient (Wildman–Crippen LogP) is 1.09. The van der Waals surface area contributed by atoms with E-state index < -0.39 is 29.2 Å². The SMILES string of the molecule is COC(=O)c1cn(C2(C(F)F)CC2)c(=O)cc1O. The van der Waals surface area contributed by atoms with Gasteiger partial charge in [-0.05, 0) is 12.8 Å². The summed E-state index contributed by atoms with van der Waals surface area (Å²) < 4.78 is 31.0. The van der Waals surface area contributed by atoms with Gasteiger partial charge in [0.2, 0.25) is 0 Å². The Bertz CT molecular complexity index is 548. The van der Waals surface area contributed by atoms with Crippen LogP contribution in [0.15, 0.2) is 17.1 Å². The molecule has 1 heterocycles. The van der Waals surface area contributed by atoms with Crippen molar-refractivity contribution in [1.29, 1.82) is 0 Å². The van der Waals surface area contributed by atoms with Gasteiger partial charge in [-0.1, -0.05) is 0 Å². The number of ether oxygens (including phenoxy) is 1. The van der Waals surface area contributed by atoms with E-state index in [4.69, 9.17) is 0 Å². The van der Waals surface area contributed by atoms with Gasteiger partial charge in [0.15, 0.2) is 0 Å². The third-order valence-corrected chi connectivity index (χ3v) is 3.09. The van der Waals surface area contributed by atoms with Crippen molar-refractivity contribution < 1.29 is 23.4 Å². The number of methoxy groups -OCH3 is 1. The highest BCUT2D eigenvalue weighted by atomic mass is 19.3. The van der Waals surface area contributed by atoms with Crippen LogP contribution in [-0.4, -0.2) is 29.2 Å². The number of esters is 1. The molecular formula is C11H11F2NO4. The molecule has 18 heavy (non-hydrogen) atoms. The van der Waals surface area contributed by atoms with E-state index in [9.17, 15) is 23.5 Å². The van der Waals surface area contributed by atoms with Gasteiger partial charge < -0.3 is 14.4 Å². The lowest BCUT2D eigenvalue weighted by molar-refractivity contribution is 0.0574. The van der Waals surface area contributed by atoms with Crippen LogP contribution in [0.5, 0.6) is 5.75 Å². The zero-order valence-corrected chi connectivity index (χ0v) is 9.52. The Kier molecular flexibility index (Phi) is 2.84. The standard InChI is InChI=1S/C11H11F2NO4/c1-18-9(17)6-5-14(8(16)4-7(6)15)11(2-3-11)10(12)13/h4-5,10,15H,2-3H2,1H3. The first-order valence-electron chi connectivity index (χ1n) is 5.25. The molecule has 0 aliphatic heterocycles. The van der Waals surface area contributed by atoms with Crippen molar-refractivity contribution in [3.8, 4) is 5.75 Å². The lowest BCUT2D eigenvalue weighted by Crippen LogP contribution is -2.35. The quantitative estimate of drug-likeness (QED) is 0.825. The topological polar surface area (TPSA) is 68.5 Å². The number of aromatic nitrogens is 1. The Morgan fingerprint density at radius 2 is 2.17 bits per heavy atom. The average molecular weight is 259 g/mol. The molecule has 0 bridgehead atoms. The first kappa shape index (κ1) is 12.5. The summed E-state index contributed by atoms with van der Waals surface area (Å²) in [6, 6.07) is 0.745. The number of carbonyl (C=O) groups is 1. The molecule has 0 spiro atoms. The fourth-order valence-electron chi connectivity index (χ4n) is 1.83. The summed E-state index contributed by atoms with van der Waals surface area (Å²) in [5.41, 5.74) is -2.62. The van der Waals surface area contributed by atoms with Crippen LogP contribution in [-0.2, 0) is 10.3 Å². The van der Waals surface area contributed by atoms with Crippen LogP contribution in [0.3, 0.4) is 0 Å². The number of hydrogen-bond acceptors (Lipinski definition) is 4. The molecule has 1 saturated carbocycles. The normalized spacial score (nSPS) is 16.7. The van der Waals surface area contributed by atoms with Gasteiger partial charge in [0, 0.05) is 12.3 Å². The molecule has 5 nitrogen and oxygen atoms in total. The molecule has 1 N–H and O–H groups in total. The number of alkyl halides is 2. The third-order valence-electron chi connectivity index (χ3n) is 3.09.